The number of rotatable bonds is 6. The van der Waals surface area contributed by atoms with Crippen molar-refractivity contribution in [1.82, 2.24) is 20.4 Å². The van der Waals surface area contributed by atoms with E-state index in [2.05, 4.69) is 29.6 Å². The van der Waals surface area contributed by atoms with Crippen molar-refractivity contribution in [2.75, 3.05) is 19.6 Å². The Bertz CT molecular complexity index is 739. The standard InChI is InChI=1S/C19H25ClN4O.ClH/c1-13(2)18-17(19(25)22-9-7-14-6-8-21-11-14)12-23-24(18)16-5-3-4-15(20)10-16;/h3-5,10,12-14,21H,6-9,11H2,1-2H3,(H,22,25);1H. The van der Waals surface area contributed by atoms with Gasteiger partial charge in [0.25, 0.3) is 5.91 Å². The molecule has 1 aromatic carbocycles. The third-order valence-corrected chi connectivity index (χ3v) is 4.89. The Balaban J connectivity index is 0.00000243. The zero-order valence-corrected chi connectivity index (χ0v) is 16.7. The van der Waals surface area contributed by atoms with Crippen LogP contribution in [-0.4, -0.2) is 35.3 Å². The van der Waals surface area contributed by atoms with Crippen molar-refractivity contribution < 1.29 is 4.79 Å². The summed E-state index contributed by atoms with van der Waals surface area (Å²) in [6.45, 7) is 6.98. The van der Waals surface area contributed by atoms with Crippen LogP contribution >= 0.6 is 24.0 Å². The minimum absolute atomic E-state index is 0. The van der Waals surface area contributed by atoms with Gasteiger partial charge in [-0.3, -0.25) is 4.79 Å². The van der Waals surface area contributed by atoms with E-state index in [1.54, 1.807) is 6.20 Å². The molecule has 3 rings (SSSR count). The summed E-state index contributed by atoms with van der Waals surface area (Å²) in [6, 6.07) is 7.52. The maximum Gasteiger partial charge on any atom is 0.254 e. The number of nitrogens with zero attached hydrogens (tertiary/aromatic N) is 2. The van der Waals surface area contributed by atoms with Crippen molar-refractivity contribution >= 4 is 29.9 Å². The first-order chi connectivity index (χ1) is 12.1. The van der Waals surface area contributed by atoms with Crippen molar-refractivity contribution in [1.29, 1.82) is 0 Å². The summed E-state index contributed by atoms with van der Waals surface area (Å²) in [5.41, 5.74) is 2.41. The first-order valence-electron chi connectivity index (χ1n) is 8.89. The molecule has 142 valence electrons. The molecule has 5 nitrogen and oxygen atoms in total. The van der Waals surface area contributed by atoms with E-state index in [-0.39, 0.29) is 24.2 Å². The Morgan fingerprint density at radius 2 is 2.27 bits per heavy atom. The fourth-order valence-electron chi connectivity index (χ4n) is 3.35. The molecule has 1 saturated heterocycles. The van der Waals surface area contributed by atoms with Gasteiger partial charge in [0.2, 0.25) is 0 Å². The molecule has 1 unspecified atom stereocenters. The highest BCUT2D eigenvalue weighted by Gasteiger charge is 2.21. The van der Waals surface area contributed by atoms with Crippen LogP contribution in [0.3, 0.4) is 0 Å². The summed E-state index contributed by atoms with van der Waals surface area (Å²) in [4.78, 5) is 12.6. The molecule has 1 amide bonds. The molecule has 2 aromatic rings. The molecule has 0 aliphatic carbocycles. The summed E-state index contributed by atoms with van der Waals surface area (Å²) < 4.78 is 1.81. The molecule has 2 N–H and O–H groups in total. The first kappa shape index (κ1) is 20.7. The zero-order chi connectivity index (χ0) is 17.8. The maximum atomic E-state index is 12.6. The Hall–Kier alpha value is -1.56. The van der Waals surface area contributed by atoms with Gasteiger partial charge in [-0.25, -0.2) is 4.68 Å². The van der Waals surface area contributed by atoms with Gasteiger partial charge in [-0.1, -0.05) is 31.5 Å². The van der Waals surface area contributed by atoms with E-state index in [1.165, 1.54) is 6.42 Å². The van der Waals surface area contributed by atoms with Gasteiger partial charge in [0.1, 0.15) is 0 Å². The van der Waals surface area contributed by atoms with E-state index < -0.39 is 0 Å². The number of aromatic nitrogens is 2. The third-order valence-electron chi connectivity index (χ3n) is 4.65. The monoisotopic (exact) mass is 396 g/mol. The highest BCUT2D eigenvalue weighted by molar-refractivity contribution is 6.30. The summed E-state index contributed by atoms with van der Waals surface area (Å²) in [5, 5.41) is 11.5. The van der Waals surface area contributed by atoms with Crippen LogP contribution in [0.1, 0.15) is 48.7 Å². The maximum absolute atomic E-state index is 12.6. The van der Waals surface area contributed by atoms with Crippen molar-refractivity contribution in [3.05, 3.63) is 46.7 Å². The van der Waals surface area contributed by atoms with Crippen molar-refractivity contribution in [3.8, 4) is 5.69 Å². The van der Waals surface area contributed by atoms with Gasteiger partial charge in [0, 0.05) is 11.6 Å². The molecule has 1 aliphatic heterocycles. The number of nitrogens with one attached hydrogen (secondary N) is 2. The molecule has 0 radical (unpaired) electrons. The predicted molar refractivity (Wildman–Crippen MR) is 108 cm³/mol. The summed E-state index contributed by atoms with van der Waals surface area (Å²) in [7, 11) is 0. The zero-order valence-electron chi connectivity index (χ0n) is 15.2. The van der Waals surface area contributed by atoms with Crippen LogP contribution in [0, 0.1) is 5.92 Å². The molecule has 7 heteroatoms. The van der Waals surface area contributed by atoms with E-state index in [0.717, 1.165) is 30.9 Å². The molecular weight excluding hydrogens is 371 g/mol. The normalized spacial score (nSPS) is 16.5. The van der Waals surface area contributed by atoms with Crippen LogP contribution in [0.4, 0.5) is 0 Å². The number of amides is 1. The summed E-state index contributed by atoms with van der Waals surface area (Å²) in [5.74, 6) is 0.781. The van der Waals surface area contributed by atoms with E-state index in [4.69, 9.17) is 11.6 Å². The lowest BCUT2D eigenvalue weighted by molar-refractivity contribution is 0.0950. The molecule has 0 bridgehead atoms. The number of benzene rings is 1. The molecule has 1 aliphatic rings. The second-order valence-electron chi connectivity index (χ2n) is 6.89. The quantitative estimate of drug-likeness (QED) is 0.780. The van der Waals surface area contributed by atoms with Crippen molar-refractivity contribution in [2.45, 2.75) is 32.6 Å². The lowest BCUT2D eigenvalue weighted by Gasteiger charge is -2.14. The summed E-state index contributed by atoms with van der Waals surface area (Å²) in [6.07, 6.45) is 3.86. The highest BCUT2D eigenvalue weighted by Crippen LogP contribution is 2.24. The van der Waals surface area contributed by atoms with Crippen LogP contribution in [0.25, 0.3) is 5.69 Å². The van der Waals surface area contributed by atoms with Crippen LogP contribution in [0.15, 0.2) is 30.5 Å². The van der Waals surface area contributed by atoms with Crippen LogP contribution in [0.5, 0.6) is 0 Å². The number of hydrogen-bond acceptors (Lipinski definition) is 3. The Kier molecular flexibility index (Phi) is 7.50. The second-order valence-corrected chi connectivity index (χ2v) is 7.33. The van der Waals surface area contributed by atoms with Crippen molar-refractivity contribution in [3.63, 3.8) is 0 Å². The number of halogens is 2. The lowest BCUT2D eigenvalue weighted by atomic mass is 10.0. The van der Waals surface area contributed by atoms with Crippen LogP contribution < -0.4 is 10.6 Å². The van der Waals surface area contributed by atoms with Gasteiger partial charge < -0.3 is 10.6 Å². The largest absolute Gasteiger partial charge is 0.352 e. The molecular formula is C19H26Cl2N4O. The average molecular weight is 397 g/mol. The molecule has 26 heavy (non-hydrogen) atoms. The minimum atomic E-state index is -0.0528. The van der Waals surface area contributed by atoms with E-state index in [1.807, 2.05) is 28.9 Å². The third kappa shape index (κ3) is 4.78. The fraction of sp³-hybridized carbons (Fsp3) is 0.474. The topological polar surface area (TPSA) is 59.0 Å². The van der Waals surface area contributed by atoms with Gasteiger partial charge in [0.05, 0.1) is 23.1 Å². The van der Waals surface area contributed by atoms with Crippen LogP contribution in [0.2, 0.25) is 5.02 Å². The molecule has 0 spiro atoms. The van der Waals surface area contributed by atoms with Crippen molar-refractivity contribution in [2.24, 2.45) is 5.92 Å². The van der Waals surface area contributed by atoms with Crippen LogP contribution in [-0.2, 0) is 0 Å². The summed E-state index contributed by atoms with van der Waals surface area (Å²) >= 11 is 6.10. The highest BCUT2D eigenvalue weighted by atomic mass is 35.5. The van der Waals surface area contributed by atoms with Gasteiger partial charge in [0.15, 0.2) is 0 Å². The second kappa shape index (κ2) is 9.40. The van der Waals surface area contributed by atoms with Gasteiger partial charge in [-0.05, 0) is 56.0 Å². The van der Waals surface area contributed by atoms with E-state index >= 15 is 0 Å². The minimum Gasteiger partial charge on any atom is -0.352 e. The van der Waals surface area contributed by atoms with Gasteiger partial charge in [-0.15, -0.1) is 12.4 Å². The first-order valence-corrected chi connectivity index (χ1v) is 9.27. The predicted octanol–water partition coefficient (Wildman–Crippen LogP) is 3.80. The smallest absolute Gasteiger partial charge is 0.254 e. The molecule has 2 heterocycles. The Morgan fingerprint density at radius 3 is 2.92 bits per heavy atom. The Labute approximate surface area is 165 Å². The Morgan fingerprint density at radius 1 is 1.46 bits per heavy atom. The SMILES string of the molecule is CC(C)c1c(C(=O)NCCC2CCNC2)cnn1-c1cccc(Cl)c1.Cl. The average Bonchev–Trinajstić information content (AvgIpc) is 3.24. The molecule has 1 aromatic heterocycles. The van der Waals surface area contributed by atoms with Gasteiger partial charge >= 0.3 is 0 Å². The van der Waals surface area contributed by atoms with Gasteiger partial charge in [-0.2, -0.15) is 5.10 Å². The fourth-order valence-corrected chi connectivity index (χ4v) is 3.53. The molecule has 0 saturated carbocycles. The van der Waals surface area contributed by atoms with E-state index in [0.29, 0.717) is 23.0 Å². The lowest BCUT2D eigenvalue weighted by Crippen LogP contribution is -2.27. The number of carbonyl (C=O) groups excluding carboxylic acids is 1. The molecule has 1 atom stereocenters. The van der Waals surface area contributed by atoms with E-state index in [9.17, 15) is 4.79 Å². The number of hydrogen-bond donors (Lipinski definition) is 2. The molecule has 1 fully saturated rings. The number of carbonyl (C=O) groups is 1.